The molecule has 2 aromatic heterocycles. The normalized spacial score (nSPS) is 10.5. The lowest BCUT2D eigenvalue weighted by molar-refractivity contribution is 0.985. The van der Waals surface area contributed by atoms with E-state index in [0.29, 0.717) is 11.6 Å². The van der Waals surface area contributed by atoms with Gasteiger partial charge in [0.1, 0.15) is 11.5 Å². The van der Waals surface area contributed by atoms with Gasteiger partial charge in [0.2, 0.25) is 0 Å². The first-order valence-electron chi connectivity index (χ1n) is 5.37. The van der Waals surface area contributed by atoms with Crippen molar-refractivity contribution in [2.24, 2.45) is 0 Å². The standard InChI is InChI=1S/C12H13IN4/c1-3-8-9(13)11(14)17-12(16-8)10-7(2)5-4-6-15-10/h4-6H,3H2,1-2H3,(H2,14,16,17). The number of nitrogens with two attached hydrogens (primary N) is 1. The van der Waals surface area contributed by atoms with Gasteiger partial charge in [0.25, 0.3) is 0 Å². The molecular formula is C12H13IN4. The predicted molar refractivity (Wildman–Crippen MR) is 76.5 cm³/mol. The lowest BCUT2D eigenvalue weighted by Crippen LogP contribution is -2.05. The van der Waals surface area contributed by atoms with Crippen LogP contribution in [0.5, 0.6) is 0 Å². The number of nitrogens with zero attached hydrogens (tertiary/aromatic N) is 3. The summed E-state index contributed by atoms with van der Waals surface area (Å²) < 4.78 is 0.933. The number of rotatable bonds is 2. The van der Waals surface area contributed by atoms with Crippen LogP contribution in [-0.2, 0) is 6.42 Å². The maximum absolute atomic E-state index is 5.90. The highest BCUT2D eigenvalue weighted by atomic mass is 127. The van der Waals surface area contributed by atoms with Crippen LogP contribution in [0.3, 0.4) is 0 Å². The maximum Gasteiger partial charge on any atom is 0.180 e. The number of aromatic nitrogens is 3. The first kappa shape index (κ1) is 12.2. The van der Waals surface area contributed by atoms with E-state index in [-0.39, 0.29) is 0 Å². The van der Waals surface area contributed by atoms with Crippen molar-refractivity contribution in [1.82, 2.24) is 15.0 Å². The average molecular weight is 340 g/mol. The van der Waals surface area contributed by atoms with Gasteiger partial charge in [0.05, 0.1) is 9.26 Å². The minimum absolute atomic E-state index is 0.525. The van der Waals surface area contributed by atoms with Gasteiger partial charge in [-0.15, -0.1) is 0 Å². The quantitative estimate of drug-likeness (QED) is 0.854. The van der Waals surface area contributed by atoms with Gasteiger partial charge in [-0.1, -0.05) is 13.0 Å². The van der Waals surface area contributed by atoms with Crippen LogP contribution < -0.4 is 5.73 Å². The van der Waals surface area contributed by atoms with Gasteiger partial charge in [0, 0.05) is 6.20 Å². The molecule has 0 fully saturated rings. The third kappa shape index (κ3) is 2.38. The van der Waals surface area contributed by atoms with Gasteiger partial charge in [-0.3, -0.25) is 4.98 Å². The Hall–Kier alpha value is -1.24. The Labute approximate surface area is 114 Å². The maximum atomic E-state index is 5.90. The first-order valence-corrected chi connectivity index (χ1v) is 6.45. The van der Waals surface area contributed by atoms with Crippen LogP contribution in [0.1, 0.15) is 18.2 Å². The van der Waals surface area contributed by atoms with Crippen LogP contribution in [0, 0.1) is 10.5 Å². The Morgan fingerprint density at radius 1 is 1.35 bits per heavy atom. The molecule has 0 spiro atoms. The lowest BCUT2D eigenvalue weighted by Gasteiger charge is -2.08. The zero-order chi connectivity index (χ0) is 12.4. The fourth-order valence-corrected chi connectivity index (χ4v) is 2.20. The molecule has 17 heavy (non-hydrogen) atoms. The molecule has 0 amide bonds. The molecule has 5 heteroatoms. The molecule has 0 aromatic carbocycles. The number of pyridine rings is 1. The van der Waals surface area contributed by atoms with Crippen molar-refractivity contribution in [3.8, 4) is 11.5 Å². The third-order valence-electron chi connectivity index (χ3n) is 2.50. The summed E-state index contributed by atoms with van der Waals surface area (Å²) in [5.41, 5.74) is 8.72. The van der Waals surface area contributed by atoms with E-state index < -0.39 is 0 Å². The summed E-state index contributed by atoms with van der Waals surface area (Å²) in [6.45, 7) is 4.05. The number of hydrogen-bond acceptors (Lipinski definition) is 4. The highest BCUT2D eigenvalue weighted by Crippen LogP contribution is 2.22. The van der Waals surface area contributed by atoms with E-state index in [2.05, 4.69) is 44.5 Å². The van der Waals surface area contributed by atoms with E-state index in [1.807, 2.05) is 19.1 Å². The highest BCUT2D eigenvalue weighted by molar-refractivity contribution is 14.1. The van der Waals surface area contributed by atoms with Gasteiger partial charge >= 0.3 is 0 Å². The molecule has 0 atom stereocenters. The molecule has 2 rings (SSSR count). The fraction of sp³-hybridized carbons (Fsp3) is 0.250. The summed E-state index contributed by atoms with van der Waals surface area (Å²) in [6, 6.07) is 3.89. The Balaban J connectivity index is 2.61. The molecule has 0 radical (unpaired) electrons. The van der Waals surface area contributed by atoms with Crippen molar-refractivity contribution in [2.45, 2.75) is 20.3 Å². The molecule has 0 aliphatic heterocycles. The molecule has 2 aromatic rings. The Kier molecular flexibility index (Phi) is 3.56. The summed E-state index contributed by atoms with van der Waals surface area (Å²) >= 11 is 2.18. The highest BCUT2D eigenvalue weighted by Gasteiger charge is 2.12. The smallest absolute Gasteiger partial charge is 0.180 e. The minimum atomic E-state index is 0.525. The van der Waals surface area contributed by atoms with E-state index in [1.165, 1.54) is 0 Å². The summed E-state index contributed by atoms with van der Waals surface area (Å²) in [6.07, 6.45) is 2.58. The van der Waals surface area contributed by atoms with Gasteiger partial charge in [-0.25, -0.2) is 9.97 Å². The van der Waals surface area contributed by atoms with E-state index >= 15 is 0 Å². The van der Waals surface area contributed by atoms with Crippen molar-refractivity contribution >= 4 is 28.4 Å². The Bertz CT molecular complexity index is 554. The molecule has 0 unspecified atom stereocenters. The van der Waals surface area contributed by atoms with Gasteiger partial charge in [-0.05, 0) is 47.6 Å². The van der Waals surface area contributed by atoms with Crippen molar-refractivity contribution in [1.29, 1.82) is 0 Å². The molecule has 0 bridgehead atoms. The topological polar surface area (TPSA) is 64.7 Å². The molecule has 0 saturated heterocycles. The first-order chi connectivity index (χ1) is 8.13. The number of aryl methyl sites for hydroxylation is 2. The second-order valence-corrected chi connectivity index (χ2v) is 4.79. The lowest BCUT2D eigenvalue weighted by atomic mass is 10.2. The largest absolute Gasteiger partial charge is 0.383 e. The zero-order valence-electron chi connectivity index (χ0n) is 9.74. The molecule has 0 saturated carbocycles. The molecule has 4 nitrogen and oxygen atoms in total. The van der Waals surface area contributed by atoms with Crippen molar-refractivity contribution in [2.75, 3.05) is 5.73 Å². The van der Waals surface area contributed by atoms with E-state index in [4.69, 9.17) is 5.73 Å². The van der Waals surface area contributed by atoms with E-state index in [9.17, 15) is 0 Å². The number of halogens is 1. The minimum Gasteiger partial charge on any atom is -0.383 e. The molecule has 2 N–H and O–H groups in total. The van der Waals surface area contributed by atoms with Crippen molar-refractivity contribution in [3.05, 3.63) is 33.2 Å². The van der Waals surface area contributed by atoms with Crippen LogP contribution in [0.4, 0.5) is 5.82 Å². The molecule has 0 aliphatic carbocycles. The van der Waals surface area contributed by atoms with E-state index in [0.717, 1.165) is 26.9 Å². The number of anilines is 1. The van der Waals surface area contributed by atoms with Crippen LogP contribution in [0.15, 0.2) is 18.3 Å². The zero-order valence-corrected chi connectivity index (χ0v) is 11.9. The summed E-state index contributed by atoms with van der Waals surface area (Å²) in [7, 11) is 0. The van der Waals surface area contributed by atoms with Crippen LogP contribution in [0.25, 0.3) is 11.5 Å². The summed E-state index contributed by atoms with van der Waals surface area (Å²) in [5, 5.41) is 0. The molecular weight excluding hydrogens is 327 g/mol. The Morgan fingerprint density at radius 3 is 2.76 bits per heavy atom. The van der Waals surface area contributed by atoms with E-state index in [1.54, 1.807) is 6.20 Å². The monoisotopic (exact) mass is 340 g/mol. The molecule has 88 valence electrons. The molecule has 0 aliphatic rings. The van der Waals surface area contributed by atoms with Gasteiger partial charge in [0.15, 0.2) is 5.82 Å². The summed E-state index contributed by atoms with van der Waals surface area (Å²) in [5.74, 6) is 1.13. The molecule has 2 heterocycles. The third-order valence-corrected chi connectivity index (χ3v) is 3.68. The second-order valence-electron chi connectivity index (χ2n) is 3.72. The SMILES string of the molecule is CCc1nc(-c2ncccc2C)nc(N)c1I. The van der Waals surface area contributed by atoms with Crippen molar-refractivity contribution in [3.63, 3.8) is 0 Å². The van der Waals surface area contributed by atoms with Gasteiger partial charge < -0.3 is 5.73 Å². The van der Waals surface area contributed by atoms with Crippen molar-refractivity contribution < 1.29 is 0 Å². The second kappa shape index (κ2) is 4.95. The average Bonchev–Trinajstić information content (AvgIpc) is 2.33. The summed E-state index contributed by atoms with van der Waals surface area (Å²) in [4.78, 5) is 13.1. The number of nitrogen functional groups attached to an aromatic ring is 1. The van der Waals surface area contributed by atoms with Crippen LogP contribution in [-0.4, -0.2) is 15.0 Å². The van der Waals surface area contributed by atoms with Crippen LogP contribution in [0.2, 0.25) is 0 Å². The Morgan fingerprint density at radius 2 is 2.12 bits per heavy atom. The number of hydrogen-bond donors (Lipinski definition) is 1. The van der Waals surface area contributed by atoms with Gasteiger partial charge in [-0.2, -0.15) is 0 Å². The fourth-order valence-electron chi connectivity index (χ4n) is 1.57. The van der Waals surface area contributed by atoms with Crippen LogP contribution >= 0.6 is 22.6 Å². The predicted octanol–water partition coefficient (Wildman–Crippen LogP) is 2.60.